The molecule has 1 aliphatic carbocycles. The molecule has 4 heterocycles. The molecule has 12 nitrogen and oxygen atoms in total. The maximum Gasteiger partial charge on any atom is 0.227 e. The predicted molar refractivity (Wildman–Crippen MR) is 148 cm³/mol. The first-order valence-corrected chi connectivity index (χ1v) is 14.1. The van der Waals surface area contributed by atoms with Crippen molar-refractivity contribution in [2.75, 3.05) is 80.4 Å². The van der Waals surface area contributed by atoms with E-state index in [9.17, 15) is 0 Å². The Kier molecular flexibility index (Phi) is 9.25. The molecule has 2 fully saturated rings. The minimum Gasteiger partial charge on any atom is -0.362 e. The van der Waals surface area contributed by atoms with Crippen molar-refractivity contribution in [3.63, 3.8) is 0 Å². The monoisotopic (exact) mass is 512 g/mol. The summed E-state index contributed by atoms with van der Waals surface area (Å²) in [5, 5.41) is 25.9. The number of nitrogens with one attached hydrogen (secondary N) is 5. The minimum absolute atomic E-state index is 0.542. The second kappa shape index (κ2) is 13.2. The lowest BCUT2D eigenvalue weighted by Gasteiger charge is -2.34. The first kappa shape index (κ1) is 25.9. The molecule has 0 amide bonds. The van der Waals surface area contributed by atoms with Crippen LogP contribution in [0, 0.1) is 0 Å². The van der Waals surface area contributed by atoms with Crippen LogP contribution in [0.25, 0.3) is 0 Å². The van der Waals surface area contributed by atoms with Crippen LogP contribution in [-0.4, -0.2) is 95.4 Å². The molecule has 204 valence electrons. The summed E-state index contributed by atoms with van der Waals surface area (Å²) in [6.45, 7) is 9.24. The van der Waals surface area contributed by atoms with E-state index in [4.69, 9.17) is 4.98 Å². The number of fused-ring (bicyclic) bond motifs is 1. The highest BCUT2D eigenvalue weighted by molar-refractivity contribution is 5.82. The molecule has 37 heavy (non-hydrogen) atoms. The Hall–Kier alpha value is -2.70. The molecular formula is C25H44N12. The molecule has 0 aromatic carbocycles. The lowest BCUT2D eigenvalue weighted by atomic mass is 9.95. The van der Waals surface area contributed by atoms with Crippen molar-refractivity contribution in [2.24, 2.45) is 0 Å². The van der Waals surface area contributed by atoms with Gasteiger partial charge in [-0.15, -0.1) is 5.10 Å². The standard InChI is InChI=1S/C25H44N12/c1-35-13-15-36(16-14-35)24-22-23(30-19-29-22)31-25(32-24)28-17-21-18-37(34-33-21)12-6-10-26-9-5-11-27-20-7-3-2-4-8-20/h18,20,26-27,29H,2-17,19H2,1H3,(H2,28,30,31,32). The van der Waals surface area contributed by atoms with Gasteiger partial charge in [-0.1, -0.05) is 24.5 Å². The minimum atomic E-state index is 0.542. The van der Waals surface area contributed by atoms with Gasteiger partial charge in [0.1, 0.15) is 11.4 Å². The summed E-state index contributed by atoms with van der Waals surface area (Å²) in [5.74, 6) is 2.43. The molecule has 0 spiro atoms. The largest absolute Gasteiger partial charge is 0.362 e. The van der Waals surface area contributed by atoms with Crippen LogP contribution < -0.4 is 31.5 Å². The second-order valence-electron chi connectivity index (χ2n) is 10.5. The first-order valence-electron chi connectivity index (χ1n) is 14.1. The van der Waals surface area contributed by atoms with Crippen molar-refractivity contribution in [2.45, 2.75) is 64.1 Å². The molecule has 2 aliphatic heterocycles. The van der Waals surface area contributed by atoms with E-state index in [-0.39, 0.29) is 0 Å². The summed E-state index contributed by atoms with van der Waals surface area (Å²) in [4.78, 5) is 14.2. The maximum absolute atomic E-state index is 4.85. The van der Waals surface area contributed by atoms with Gasteiger partial charge in [0.25, 0.3) is 0 Å². The van der Waals surface area contributed by atoms with Crippen molar-refractivity contribution >= 4 is 23.3 Å². The van der Waals surface area contributed by atoms with E-state index in [1.165, 1.54) is 38.5 Å². The molecule has 0 atom stereocenters. The zero-order valence-electron chi connectivity index (χ0n) is 22.3. The predicted octanol–water partition coefficient (Wildman–Crippen LogP) is 1.52. The van der Waals surface area contributed by atoms with E-state index in [2.05, 4.69) is 58.7 Å². The quantitative estimate of drug-likeness (QED) is 0.251. The van der Waals surface area contributed by atoms with Crippen molar-refractivity contribution in [1.82, 2.24) is 40.5 Å². The third-order valence-corrected chi connectivity index (χ3v) is 7.54. The van der Waals surface area contributed by atoms with Crippen LogP contribution in [0.4, 0.5) is 23.3 Å². The van der Waals surface area contributed by atoms with Gasteiger partial charge in [0.15, 0.2) is 11.6 Å². The Morgan fingerprint density at radius 1 is 0.973 bits per heavy atom. The van der Waals surface area contributed by atoms with E-state index in [0.29, 0.717) is 19.2 Å². The van der Waals surface area contributed by atoms with Crippen LogP contribution in [0.3, 0.4) is 0 Å². The van der Waals surface area contributed by atoms with Gasteiger partial charge >= 0.3 is 0 Å². The van der Waals surface area contributed by atoms with Crippen LogP contribution in [-0.2, 0) is 13.1 Å². The Labute approximate surface area is 220 Å². The number of rotatable bonds is 13. The summed E-state index contributed by atoms with van der Waals surface area (Å²) in [6, 6.07) is 0.756. The van der Waals surface area contributed by atoms with E-state index >= 15 is 0 Å². The summed E-state index contributed by atoms with van der Waals surface area (Å²) in [7, 11) is 2.16. The lowest BCUT2D eigenvalue weighted by molar-refractivity contribution is 0.312. The van der Waals surface area contributed by atoms with Crippen LogP contribution in [0.15, 0.2) is 6.20 Å². The number of aromatic nitrogens is 5. The van der Waals surface area contributed by atoms with E-state index in [1.54, 1.807) is 0 Å². The Morgan fingerprint density at radius 3 is 2.68 bits per heavy atom. The first-order chi connectivity index (χ1) is 18.2. The zero-order valence-corrected chi connectivity index (χ0v) is 22.3. The van der Waals surface area contributed by atoms with Crippen LogP contribution >= 0.6 is 0 Å². The molecule has 1 saturated carbocycles. The van der Waals surface area contributed by atoms with Gasteiger partial charge in [-0.2, -0.15) is 9.97 Å². The van der Waals surface area contributed by atoms with Crippen LogP contribution in [0.2, 0.25) is 0 Å². The Bertz CT molecular complexity index is 965. The molecule has 5 rings (SSSR count). The van der Waals surface area contributed by atoms with Crippen molar-refractivity contribution < 1.29 is 0 Å². The molecule has 0 unspecified atom stereocenters. The molecule has 0 radical (unpaired) electrons. The third kappa shape index (κ3) is 7.42. The lowest BCUT2D eigenvalue weighted by Crippen LogP contribution is -2.45. The van der Waals surface area contributed by atoms with Crippen molar-refractivity contribution in [3.8, 4) is 0 Å². The van der Waals surface area contributed by atoms with Crippen LogP contribution in [0.1, 0.15) is 50.6 Å². The highest BCUT2D eigenvalue weighted by Crippen LogP contribution is 2.35. The fourth-order valence-electron chi connectivity index (χ4n) is 5.30. The van der Waals surface area contributed by atoms with Crippen molar-refractivity contribution in [1.29, 1.82) is 0 Å². The molecule has 12 heteroatoms. The number of hydrogen-bond acceptors (Lipinski definition) is 11. The number of nitrogens with zero attached hydrogens (tertiary/aromatic N) is 7. The topological polar surface area (TPSA) is 123 Å². The van der Waals surface area contributed by atoms with Gasteiger partial charge in [-0.3, -0.25) is 4.68 Å². The fraction of sp³-hybridized carbons (Fsp3) is 0.760. The summed E-state index contributed by atoms with van der Waals surface area (Å²) >= 11 is 0. The highest BCUT2D eigenvalue weighted by atomic mass is 15.4. The van der Waals surface area contributed by atoms with E-state index in [0.717, 1.165) is 87.8 Å². The molecule has 0 bridgehead atoms. The SMILES string of the molecule is CN1CCN(c2nc(NCc3cn(CCCNCCCNC4CCCCC4)nn3)nc3c2NCN3)CC1. The van der Waals surface area contributed by atoms with E-state index < -0.39 is 0 Å². The number of aryl methyl sites for hydroxylation is 1. The normalized spacial score (nSPS) is 18.5. The molecule has 5 N–H and O–H groups in total. The van der Waals surface area contributed by atoms with Gasteiger partial charge in [0.2, 0.25) is 5.95 Å². The summed E-state index contributed by atoms with van der Waals surface area (Å²) in [6.07, 6.45) is 11.1. The smallest absolute Gasteiger partial charge is 0.227 e. The van der Waals surface area contributed by atoms with Crippen molar-refractivity contribution in [3.05, 3.63) is 11.9 Å². The highest BCUT2D eigenvalue weighted by Gasteiger charge is 2.25. The number of likely N-dealkylation sites (N-methyl/N-ethyl adjacent to an activating group) is 1. The molecule has 3 aliphatic rings. The molecule has 2 aromatic heterocycles. The molecular weight excluding hydrogens is 468 g/mol. The number of piperazine rings is 1. The second-order valence-corrected chi connectivity index (χ2v) is 10.5. The fourth-order valence-corrected chi connectivity index (χ4v) is 5.30. The molecule has 1 saturated heterocycles. The third-order valence-electron chi connectivity index (χ3n) is 7.54. The molecule has 2 aromatic rings. The number of hydrogen-bond donors (Lipinski definition) is 5. The Balaban J connectivity index is 1.01. The maximum atomic E-state index is 4.85. The zero-order chi connectivity index (χ0) is 25.3. The summed E-state index contributed by atoms with van der Waals surface area (Å²) in [5.41, 5.74) is 1.88. The summed E-state index contributed by atoms with van der Waals surface area (Å²) < 4.78 is 1.92. The van der Waals surface area contributed by atoms with Crippen LogP contribution in [0.5, 0.6) is 0 Å². The average molecular weight is 513 g/mol. The van der Waals surface area contributed by atoms with Gasteiger partial charge in [-0.25, -0.2) is 0 Å². The van der Waals surface area contributed by atoms with Gasteiger partial charge in [0.05, 0.1) is 19.4 Å². The van der Waals surface area contributed by atoms with Gasteiger partial charge < -0.3 is 36.4 Å². The van der Waals surface area contributed by atoms with Gasteiger partial charge in [0, 0.05) is 38.8 Å². The van der Waals surface area contributed by atoms with Gasteiger partial charge in [-0.05, 0) is 52.4 Å². The Morgan fingerprint density at radius 2 is 1.81 bits per heavy atom. The van der Waals surface area contributed by atoms with E-state index in [1.807, 2.05) is 10.9 Å². The average Bonchev–Trinajstić information content (AvgIpc) is 3.59. The number of anilines is 4.